The molecule has 0 unspecified atom stereocenters. The number of ketones is 1. The maximum absolute atomic E-state index is 11.5. The highest BCUT2D eigenvalue weighted by Crippen LogP contribution is 2.10. The lowest BCUT2D eigenvalue weighted by molar-refractivity contribution is -0.139. The molecular weight excluding hydrogens is 194 g/mol. The first kappa shape index (κ1) is 9.76. The van der Waals surface area contributed by atoms with E-state index in [-0.39, 0.29) is 18.1 Å². The molecular formula is C10H11N3O2. The van der Waals surface area contributed by atoms with Gasteiger partial charge in [-0.1, -0.05) is 0 Å². The van der Waals surface area contributed by atoms with Gasteiger partial charge in [0.05, 0.1) is 18.7 Å². The second kappa shape index (κ2) is 4.16. The van der Waals surface area contributed by atoms with Crippen molar-refractivity contribution in [3.8, 4) is 0 Å². The lowest BCUT2D eigenvalue weighted by Crippen LogP contribution is -2.38. The molecule has 5 nitrogen and oxygen atoms in total. The minimum absolute atomic E-state index is 0.0235. The first-order valence-corrected chi connectivity index (χ1v) is 4.82. The lowest BCUT2D eigenvalue weighted by Gasteiger charge is -2.25. The fourth-order valence-electron chi connectivity index (χ4n) is 1.53. The Morgan fingerprint density at radius 1 is 1.40 bits per heavy atom. The van der Waals surface area contributed by atoms with E-state index in [0.717, 1.165) is 5.69 Å². The fourth-order valence-corrected chi connectivity index (χ4v) is 1.53. The van der Waals surface area contributed by atoms with Crippen molar-refractivity contribution in [1.29, 1.82) is 0 Å². The van der Waals surface area contributed by atoms with Gasteiger partial charge in [0.2, 0.25) is 5.91 Å². The number of hydrogen-bond acceptors (Lipinski definition) is 4. The van der Waals surface area contributed by atoms with E-state index in [4.69, 9.17) is 0 Å². The molecule has 5 heteroatoms. The van der Waals surface area contributed by atoms with Crippen LogP contribution >= 0.6 is 0 Å². The molecule has 1 saturated heterocycles. The molecule has 2 rings (SSSR count). The fraction of sp³-hybridized carbons (Fsp3) is 0.400. The van der Waals surface area contributed by atoms with Crippen LogP contribution in [0.4, 0.5) is 0 Å². The summed E-state index contributed by atoms with van der Waals surface area (Å²) < 4.78 is 0. The van der Waals surface area contributed by atoms with E-state index in [1.54, 1.807) is 17.2 Å². The average Bonchev–Trinajstić information content (AvgIpc) is 2.24. The molecule has 0 bridgehead atoms. The Balaban J connectivity index is 2.01. The molecule has 0 aromatic carbocycles. The Hall–Kier alpha value is -1.78. The molecule has 0 atom stereocenters. The summed E-state index contributed by atoms with van der Waals surface area (Å²) in [5.74, 6) is -0.0905. The normalized spacial score (nSPS) is 16.9. The van der Waals surface area contributed by atoms with Crippen molar-refractivity contribution in [2.75, 3.05) is 6.54 Å². The highest BCUT2D eigenvalue weighted by molar-refractivity contribution is 6.00. The van der Waals surface area contributed by atoms with Crippen LogP contribution in [0.2, 0.25) is 0 Å². The molecule has 1 amide bonds. The molecule has 0 N–H and O–H groups in total. The van der Waals surface area contributed by atoms with Crippen molar-refractivity contribution in [1.82, 2.24) is 15.1 Å². The van der Waals surface area contributed by atoms with Crippen LogP contribution in [0.3, 0.4) is 0 Å². The van der Waals surface area contributed by atoms with E-state index in [1.807, 2.05) is 6.07 Å². The number of aromatic nitrogens is 2. The van der Waals surface area contributed by atoms with E-state index in [9.17, 15) is 9.59 Å². The largest absolute Gasteiger partial charge is 0.336 e. The first-order chi connectivity index (χ1) is 7.25. The monoisotopic (exact) mass is 205 g/mol. The molecule has 2 heterocycles. The first-order valence-electron chi connectivity index (χ1n) is 4.82. The molecule has 1 aromatic rings. The van der Waals surface area contributed by atoms with Gasteiger partial charge in [0, 0.05) is 19.2 Å². The van der Waals surface area contributed by atoms with Gasteiger partial charge < -0.3 is 4.90 Å². The van der Waals surface area contributed by atoms with Crippen LogP contribution in [0, 0.1) is 0 Å². The predicted octanol–water partition coefficient (Wildman–Crippen LogP) is 0.168. The van der Waals surface area contributed by atoms with Gasteiger partial charge in [-0.15, -0.1) is 0 Å². The van der Waals surface area contributed by atoms with Crippen molar-refractivity contribution < 1.29 is 9.59 Å². The van der Waals surface area contributed by atoms with Gasteiger partial charge in [0.15, 0.2) is 0 Å². The zero-order chi connectivity index (χ0) is 10.7. The van der Waals surface area contributed by atoms with Crippen molar-refractivity contribution in [2.45, 2.75) is 19.4 Å². The third-order valence-corrected chi connectivity index (χ3v) is 2.34. The number of piperidine rings is 1. The summed E-state index contributed by atoms with van der Waals surface area (Å²) >= 11 is 0. The highest BCUT2D eigenvalue weighted by atomic mass is 16.2. The molecule has 1 aromatic heterocycles. The Labute approximate surface area is 87.1 Å². The molecule has 78 valence electrons. The maximum Gasteiger partial charge on any atom is 0.230 e. The minimum atomic E-state index is -0.114. The number of nitrogens with zero attached hydrogens (tertiary/aromatic N) is 3. The van der Waals surface area contributed by atoms with Gasteiger partial charge in [-0.25, -0.2) is 0 Å². The van der Waals surface area contributed by atoms with Crippen LogP contribution in [0.25, 0.3) is 0 Å². The second-order valence-corrected chi connectivity index (χ2v) is 3.50. The van der Waals surface area contributed by atoms with Crippen molar-refractivity contribution >= 4 is 11.7 Å². The molecule has 0 saturated carbocycles. The summed E-state index contributed by atoms with van der Waals surface area (Å²) in [4.78, 5) is 24.1. The van der Waals surface area contributed by atoms with Crippen LogP contribution in [-0.4, -0.2) is 33.3 Å². The molecule has 1 aliphatic heterocycles. The summed E-state index contributed by atoms with van der Waals surface area (Å²) in [5, 5.41) is 7.63. The van der Waals surface area contributed by atoms with Crippen LogP contribution in [-0.2, 0) is 16.1 Å². The number of amides is 1. The second-order valence-electron chi connectivity index (χ2n) is 3.50. The van der Waals surface area contributed by atoms with Crippen molar-refractivity contribution in [2.24, 2.45) is 0 Å². The van der Waals surface area contributed by atoms with Gasteiger partial charge in [0.25, 0.3) is 0 Å². The van der Waals surface area contributed by atoms with Gasteiger partial charge in [-0.3, -0.25) is 9.59 Å². The summed E-state index contributed by atoms with van der Waals surface area (Å²) in [5.41, 5.74) is 0.750. The molecule has 1 fully saturated rings. The summed E-state index contributed by atoms with van der Waals surface area (Å²) in [6.07, 6.45) is 2.07. The molecule has 0 radical (unpaired) electrons. The van der Waals surface area contributed by atoms with Gasteiger partial charge in [-0.05, 0) is 12.1 Å². The van der Waals surface area contributed by atoms with E-state index in [2.05, 4.69) is 10.2 Å². The zero-order valence-electron chi connectivity index (χ0n) is 8.22. The summed E-state index contributed by atoms with van der Waals surface area (Å²) in [7, 11) is 0. The minimum Gasteiger partial charge on any atom is -0.336 e. The van der Waals surface area contributed by atoms with E-state index < -0.39 is 0 Å². The summed E-state index contributed by atoms with van der Waals surface area (Å²) in [6, 6.07) is 3.60. The van der Waals surface area contributed by atoms with E-state index >= 15 is 0 Å². The van der Waals surface area contributed by atoms with E-state index in [1.165, 1.54) is 0 Å². The average molecular weight is 205 g/mol. The van der Waals surface area contributed by atoms with Crippen molar-refractivity contribution in [3.63, 3.8) is 0 Å². The molecule has 15 heavy (non-hydrogen) atoms. The molecule has 1 aliphatic rings. The van der Waals surface area contributed by atoms with E-state index in [0.29, 0.717) is 19.5 Å². The number of rotatable bonds is 2. The third kappa shape index (κ3) is 2.37. The van der Waals surface area contributed by atoms with Crippen LogP contribution in [0.15, 0.2) is 18.3 Å². The molecule has 0 aliphatic carbocycles. The van der Waals surface area contributed by atoms with Gasteiger partial charge >= 0.3 is 0 Å². The number of hydrogen-bond donors (Lipinski definition) is 0. The lowest BCUT2D eigenvalue weighted by atomic mass is 10.1. The Bertz CT molecular complexity index is 378. The van der Waals surface area contributed by atoms with Crippen molar-refractivity contribution in [3.05, 3.63) is 24.0 Å². The zero-order valence-corrected chi connectivity index (χ0v) is 8.22. The van der Waals surface area contributed by atoms with Crippen LogP contribution in [0.5, 0.6) is 0 Å². The third-order valence-electron chi connectivity index (χ3n) is 2.34. The SMILES string of the molecule is O=C1CCN(Cc2cccnn2)C(=O)C1. The quantitative estimate of drug-likeness (QED) is 0.645. The molecule has 0 spiro atoms. The van der Waals surface area contributed by atoms with Gasteiger partial charge in [0.1, 0.15) is 5.78 Å². The van der Waals surface area contributed by atoms with Gasteiger partial charge in [-0.2, -0.15) is 10.2 Å². The highest BCUT2D eigenvalue weighted by Gasteiger charge is 2.23. The predicted molar refractivity (Wildman–Crippen MR) is 51.7 cm³/mol. The number of likely N-dealkylation sites (tertiary alicyclic amines) is 1. The number of carbonyl (C=O) groups excluding carboxylic acids is 2. The smallest absolute Gasteiger partial charge is 0.230 e. The standard InChI is InChI=1S/C10H11N3O2/c14-9-3-5-13(10(15)6-9)7-8-2-1-4-11-12-8/h1-2,4H,3,5-7H2. The number of Topliss-reactive ketones (excluding diaryl/α,β-unsaturated/α-hetero) is 1. The Morgan fingerprint density at radius 2 is 2.27 bits per heavy atom. The van der Waals surface area contributed by atoms with Crippen LogP contribution in [0.1, 0.15) is 18.5 Å². The Kier molecular flexibility index (Phi) is 2.71. The topological polar surface area (TPSA) is 63.2 Å². The maximum atomic E-state index is 11.5. The van der Waals surface area contributed by atoms with Crippen LogP contribution < -0.4 is 0 Å². The number of carbonyl (C=O) groups is 2. The Morgan fingerprint density at radius 3 is 2.93 bits per heavy atom. The summed E-state index contributed by atoms with van der Waals surface area (Å²) in [6.45, 7) is 0.939.